The average molecular weight is 240 g/mol. The summed E-state index contributed by atoms with van der Waals surface area (Å²) in [7, 11) is 1.71. The fourth-order valence-corrected chi connectivity index (χ4v) is 2.20. The van der Waals surface area contributed by atoms with Crippen molar-refractivity contribution in [2.75, 3.05) is 13.6 Å². The van der Waals surface area contributed by atoms with E-state index in [-0.39, 0.29) is 23.8 Å². The molecule has 2 N–H and O–H groups in total. The fraction of sp³-hybridized carbons (Fsp3) is 0.727. The minimum absolute atomic E-state index is 0.0414. The highest BCUT2D eigenvalue weighted by atomic mass is 16.4. The molecule has 3 atom stereocenters. The first-order chi connectivity index (χ1) is 7.99. The number of likely N-dealkylation sites (N-methyl/N-ethyl adjacent to an activating group) is 1. The van der Waals surface area contributed by atoms with Crippen LogP contribution in [-0.2, 0) is 14.4 Å². The van der Waals surface area contributed by atoms with Gasteiger partial charge >= 0.3 is 5.97 Å². The fourth-order valence-electron chi connectivity index (χ4n) is 2.20. The molecular formula is C11H16N2O4. The number of piperidine rings is 1. The summed E-state index contributed by atoms with van der Waals surface area (Å²) >= 11 is 0. The lowest BCUT2D eigenvalue weighted by atomic mass is 10.1. The number of hydrogen-bond donors (Lipinski definition) is 2. The van der Waals surface area contributed by atoms with Crippen molar-refractivity contribution >= 4 is 17.8 Å². The van der Waals surface area contributed by atoms with E-state index in [9.17, 15) is 14.4 Å². The molecule has 1 aliphatic carbocycles. The third-order valence-corrected chi connectivity index (χ3v) is 3.42. The van der Waals surface area contributed by atoms with Gasteiger partial charge in [0.2, 0.25) is 11.8 Å². The van der Waals surface area contributed by atoms with E-state index in [1.807, 2.05) is 0 Å². The summed E-state index contributed by atoms with van der Waals surface area (Å²) in [5.41, 5.74) is 0. The summed E-state index contributed by atoms with van der Waals surface area (Å²) in [6.45, 7) is 0.509. The average Bonchev–Trinajstić information content (AvgIpc) is 3.03. The molecule has 0 aromatic rings. The third-order valence-electron chi connectivity index (χ3n) is 3.42. The zero-order chi connectivity index (χ0) is 12.6. The molecule has 0 unspecified atom stereocenters. The minimum Gasteiger partial charge on any atom is -0.481 e. The molecule has 2 rings (SSSR count). The summed E-state index contributed by atoms with van der Waals surface area (Å²) in [5.74, 6) is -1.90. The number of carboxylic acid groups (broad SMARTS) is 1. The van der Waals surface area contributed by atoms with Gasteiger partial charge < -0.3 is 15.3 Å². The van der Waals surface area contributed by atoms with E-state index in [1.54, 1.807) is 11.9 Å². The first-order valence-corrected chi connectivity index (χ1v) is 5.76. The second-order valence-electron chi connectivity index (χ2n) is 4.81. The van der Waals surface area contributed by atoms with E-state index in [4.69, 9.17) is 5.11 Å². The van der Waals surface area contributed by atoms with Crippen molar-refractivity contribution in [2.24, 2.45) is 11.8 Å². The number of carbonyl (C=O) groups is 3. The molecule has 2 amide bonds. The van der Waals surface area contributed by atoms with Gasteiger partial charge in [-0.25, -0.2) is 0 Å². The van der Waals surface area contributed by atoms with Gasteiger partial charge in [-0.2, -0.15) is 0 Å². The van der Waals surface area contributed by atoms with E-state index in [0.29, 0.717) is 25.8 Å². The second-order valence-corrected chi connectivity index (χ2v) is 4.81. The van der Waals surface area contributed by atoms with Crippen molar-refractivity contribution < 1.29 is 19.5 Å². The van der Waals surface area contributed by atoms with Gasteiger partial charge in [-0.05, 0) is 12.8 Å². The monoisotopic (exact) mass is 240 g/mol. The smallest absolute Gasteiger partial charge is 0.307 e. The summed E-state index contributed by atoms with van der Waals surface area (Å²) in [5, 5.41) is 11.5. The van der Waals surface area contributed by atoms with Crippen LogP contribution in [0.25, 0.3) is 0 Å². The molecule has 17 heavy (non-hydrogen) atoms. The molecule has 2 aliphatic rings. The number of carboxylic acids is 1. The number of likely N-dealkylation sites (tertiary alicyclic amines) is 1. The predicted octanol–water partition coefficient (Wildman–Crippen LogP) is -0.556. The van der Waals surface area contributed by atoms with Crippen LogP contribution in [0.2, 0.25) is 0 Å². The number of aliphatic carboxylic acids is 1. The van der Waals surface area contributed by atoms with E-state index >= 15 is 0 Å². The number of nitrogens with one attached hydrogen (secondary N) is 1. The van der Waals surface area contributed by atoms with Gasteiger partial charge in [0.15, 0.2) is 0 Å². The quantitative estimate of drug-likeness (QED) is 0.692. The Morgan fingerprint density at radius 2 is 2.12 bits per heavy atom. The third kappa shape index (κ3) is 2.57. The van der Waals surface area contributed by atoms with Crippen LogP contribution in [-0.4, -0.2) is 47.4 Å². The van der Waals surface area contributed by atoms with Gasteiger partial charge in [-0.1, -0.05) is 0 Å². The highest BCUT2D eigenvalue weighted by Crippen LogP contribution is 2.38. The molecule has 94 valence electrons. The minimum atomic E-state index is -0.902. The van der Waals surface area contributed by atoms with Gasteiger partial charge in [-0.3, -0.25) is 14.4 Å². The topological polar surface area (TPSA) is 86.7 Å². The van der Waals surface area contributed by atoms with Crippen LogP contribution in [0.5, 0.6) is 0 Å². The van der Waals surface area contributed by atoms with Crippen molar-refractivity contribution in [2.45, 2.75) is 25.3 Å². The summed E-state index contributed by atoms with van der Waals surface area (Å²) in [4.78, 5) is 35.2. The molecule has 0 spiro atoms. The van der Waals surface area contributed by atoms with E-state index in [2.05, 4.69) is 5.32 Å². The summed E-state index contributed by atoms with van der Waals surface area (Å²) in [6, 6.07) is -0.0414. The maximum absolute atomic E-state index is 11.7. The van der Waals surface area contributed by atoms with Crippen LogP contribution >= 0.6 is 0 Å². The standard InChI is InChI=1S/C11H16N2O4/c1-13-5-6(2-3-9(13)14)12-10(15)7-4-8(7)11(16)17/h6-8H,2-5H2,1H3,(H,12,15)(H,16,17)/t6-,7+,8+/m1/s1. The number of carbonyl (C=O) groups excluding carboxylic acids is 2. The lowest BCUT2D eigenvalue weighted by molar-refractivity contribution is -0.140. The summed E-state index contributed by atoms with van der Waals surface area (Å²) < 4.78 is 0. The van der Waals surface area contributed by atoms with Gasteiger partial charge in [0.1, 0.15) is 0 Å². The number of amides is 2. The molecule has 0 aromatic heterocycles. The van der Waals surface area contributed by atoms with Crippen molar-refractivity contribution in [3.63, 3.8) is 0 Å². The van der Waals surface area contributed by atoms with Gasteiger partial charge in [-0.15, -0.1) is 0 Å². The van der Waals surface area contributed by atoms with Crippen LogP contribution < -0.4 is 5.32 Å². The number of hydrogen-bond acceptors (Lipinski definition) is 3. The molecule has 6 heteroatoms. The molecule has 6 nitrogen and oxygen atoms in total. The van der Waals surface area contributed by atoms with Crippen LogP contribution in [0.3, 0.4) is 0 Å². The van der Waals surface area contributed by atoms with E-state index in [0.717, 1.165) is 0 Å². The molecule has 1 saturated carbocycles. The van der Waals surface area contributed by atoms with Crippen LogP contribution in [0.1, 0.15) is 19.3 Å². The second kappa shape index (κ2) is 4.35. The molecule has 1 heterocycles. The zero-order valence-corrected chi connectivity index (χ0v) is 9.68. The highest BCUT2D eigenvalue weighted by molar-refractivity contribution is 5.89. The Balaban J connectivity index is 1.80. The first kappa shape index (κ1) is 11.9. The van der Waals surface area contributed by atoms with Crippen molar-refractivity contribution in [1.29, 1.82) is 0 Å². The SMILES string of the molecule is CN1C[C@H](NC(=O)[C@H]2C[C@@H]2C(=O)O)CCC1=O. The normalized spacial score (nSPS) is 32.2. The molecule has 0 bridgehead atoms. The zero-order valence-electron chi connectivity index (χ0n) is 9.68. The molecule has 2 fully saturated rings. The highest BCUT2D eigenvalue weighted by Gasteiger charge is 2.48. The molecule has 0 radical (unpaired) electrons. The lowest BCUT2D eigenvalue weighted by Crippen LogP contribution is -2.49. The van der Waals surface area contributed by atoms with Crippen molar-refractivity contribution in [1.82, 2.24) is 10.2 Å². The van der Waals surface area contributed by atoms with Crippen molar-refractivity contribution in [3.8, 4) is 0 Å². The Labute approximate surface area is 99.0 Å². The molecule has 1 saturated heterocycles. The Morgan fingerprint density at radius 3 is 2.65 bits per heavy atom. The van der Waals surface area contributed by atoms with E-state index < -0.39 is 11.9 Å². The largest absolute Gasteiger partial charge is 0.481 e. The van der Waals surface area contributed by atoms with Crippen LogP contribution in [0.4, 0.5) is 0 Å². The van der Waals surface area contributed by atoms with Gasteiger partial charge in [0.05, 0.1) is 11.8 Å². The van der Waals surface area contributed by atoms with Crippen LogP contribution in [0, 0.1) is 11.8 Å². The molecule has 0 aromatic carbocycles. The number of rotatable bonds is 3. The Morgan fingerprint density at radius 1 is 1.41 bits per heavy atom. The molecular weight excluding hydrogens is 224 g/mol. The Kier molecular flexibility index (Phi) is 3.04. The number of nitrogens with zero attached hydrogens (tertiary/aromatic N) is 1. The van der Waals surface area contributed by atoms with Gasteiger partial charge in [0.25, 0.3) is 0 Å². The van der Waals surface area contributed by atoms with Gasteiger partial charge in [0, 0.05) is 26.1 Å². The Hall–Kier alpha value is -1.59. The predicted molar refractivity (Wildman–Crippen MR) is 58.0 cm³/mol. The molecule has 1 aliphatic heterocycles. The van der Waals surface area contributed by atoms with E-state index in [1.165, 1.54) is 0 Å². The van der Waals surface area contributed by atoms with Crippen molar-refractivity contribution in [3.05, 3.63) is 0 Å². The summed E-state index contributed by atoms with van der Waals surface area (Å²) in [6.07, 6.45) is 1.51. The maximum Gasteiger partial charge on any atom is 0.307 e. The maximum atomic E-state index is 11.7. The van der Waals surface area contributed by atoms with Crippen LogP contribution in [0.15, 0.2) is 0 Å². The Bertz CT molecular complexity index is 368. The first-order valence-electron chi connectivity index (χ1n) is 5.76. The lowest BCUT2D eigenvalue weighted by Gasteiger charge is -2.30.